The Balaban J connectivity index is 1.75. The van der Waals surface area contributed by atoms with E-state index >= 15 is 0 Å². The molecule has 0 heterocycles. The van der Waals surface area contributed by atoms with Crippen LogP contribution in [-0.4, -0.2) is 13.0 Å². The van der Waals surface area contributed by atoms with Gasteiger partial charge in [-0.1, -0.05) is 76.1 Å². The second-order valence-corrected chi connectivity index (χ2v) is 7.99. The molecular formula is C26H23BrN2O3. The molecule has 0 aromatic heterocycles. The quantitative estimate of drug-likeness (QED) is 0.331. The highest BCUT2D eigenvalue weighted by Crippen LogP contribution is 2.35. The maximum Gasteiger partial charge on any atom is 0.262 e. The van der Waals surface area contributed by atoms with E-state index in [9.17, 15) is 10.1 Å². The van der Waals surface area contributed by atoms with E-state index in [1.54, 1.807) is 19.2 Å². The summed E-state index contributed by atoms with van der Waals surface area (Å²) < 4.78 is 12.1. The van der Waals surface area contributed by atoms with Gasteiger partial charge in [-0.2, -0.15) is 5.26 Å². The number of nitrogens with one attached hydrogen (secondary N) is 1. The number of nitrogens with zero attached hydrogens (tertiary/aromatic N) is 1. The third-order valence-electron chi connectivity index (χ3n) is 4.76. The van der Waals surface area contributed by atoms with Gasteiger partial charge in [0.05, 0.1) is 7.11 Å². The zero-order chi connectivity index (χ0) is 22.9. The Bertz CT molecular complexity index is 1150. The van der Waals surface area contributed by atoms with Gasteiger partial charge in [-0.15, -0.1) is 0 Å². The molecule has 1 N–H and O–H groups in total. The highest BCUT2D eigenvalue weighted by molar-refractivity contribution is 9.10. The number of nitriles is 1. The Morgan fingerprint density at radius 3 is 2.44 bits per heavy atom. The van der Waals surface area contributed by atoms with E-state index in [-0.39, 0.29) is 5.57 Å². The topological polar surface area (TPSA) is 71.3 Å². The molecule has 0 atom stereocenters. The van der Waals surface area contributed by atoms with Crippen LogP contribution in [-0.2, 0) is 17.9 Å². The molecule has 3 rings (SSSR count). The normalized spacial score (nSPS) is 10.9. The van der Waals surface area contributed by atoms with E-state index < -0.39 is 5.91 Å². The third-order valence-corrected chi connectivity index (χ3v) is 5.45. The van der Waals surface area contributed by atoms with Crippen molar-refractivity contribution in [2.45, 2.75) is 20.1 Å². The number of amides is 1. The minimum absolute atomic E-state index is 0.00277. The second-order valence-electron chi connectivity index (χ2n) is 7.14. The molecule has 32 heavy (non-hydrogen) atoms. The average Bonchev–Trinajstić information content (AvgIpc) is 2.82. The number of aryl methyl sites for hydroxylation is 1. The number of hydrogen-bond acceptors (Lipinski definition) is 4. The van der Waals surface area contributed by atoms with E-state index in [0.717, 1.165) is 11.1 Å². The molecule has 0 bridgehead atoms. The van der Waals surface area contributed by atoms with Crippen LogP contribution in [0.1, 0.15) is 22.3 Å². The van der Waals surface area contributed by atoms with E-state index in [2.05, 4.69) is 21.2 Å². The number of carbonyl (C=O) groups is 1. The first kappa shape index (κ1) is 23.1. The van der Waals surface area contributed by atoms with Crippen LogP contribution in [0.4, 0.5) is 0 Å². The van der Waals surface area contributed by atoms with Crippen molar-refractivity contribution in [2.75, 3.05) is 7.11 Å². The largest absolute Gasteiger partial charge is 0.493 e. The number of hydrogen-bond donors (Lipinski definition) is 1. The van der Waals surface area contributed by atoms with Gasteiger partial charge in [-0.05, 0) is 41.8 Å². The van der Waals surface area contributed by atoms with Crippen molar-refractivity contribution in [3.63, 3.8) is 0 Å². The molecule has 0 fully saturated rings. The van der Waals surface area contributed by atoms with Crippen molar-refractivity contribution in [1.29, 1.82) is 5.26 Å². The summed E-state index contributed by atoms with van der Waals surface area (Å²) in [5, 5.41) is 12.3. The summed E-state index contributed by atoms with van der Waals surface area (Å²) >= 11 is 3.51. The predicted octanol–water partition coefficient (Wildman–Crippen LogP) is 5.57. The van der Waals surface area contributed by atoms with Crippen molar-refractivity contribution < 1.29 is 14.3 Å². The number of rotatable bonds is 8. The van der Waals surface area contributed by atoms with Gasteiger partial charge in [-0.25, -0.2) is 0 Å². The minimum atomic E-state index is -0.443. The van der Waals surface area contributed by atoms with E-state index in [1.165, 1.54) is 11.6 Å². The molecule has 0 aliphatic rings. The zero-order valence-corrected chi connectivity index (χ0v) is 19.5. The molecule has 0 saturated carbocycles. The Hall–Kier alpha value is -3.56. The molecule has 0 unspecified atom stereocenters. The first-order chi connectivity index (χ1) is 15.5. The molecule has 0 aliphatic carbocycles. The monoisotopic (exact) mass is 490 g/mol. The lowest BCUT2D eigenvalue weighted by atomic mass is 10.1. The zero-order valence-electron chi connectivity index (χ0n) is 17.9. The number of carbonyl (C=O) groups excluding carboxylic acids is 1. The summed E-state index contributed by atoms with van der Waals surface area (Å²) in [4.78, 5) is 12.5. The molecule has 6 heteroatoms. The Morgan fingerprint density at radius 2 is 1.78 bits per heavy atom. The summed E-state index contributed by atoms with van der Waals surface area (Å²) in [5.41, 5.74) is 3.81. The number of halogens is 1. The van der Waals surface area contributed by atoms with Gasteiger partial charge in [0, 0.05) is 11.0 Å². The van der Waals surface area contributed by atoms with Gasteiger partial charge in [0.25, 0.3) is 5.91 Å². The smallest absolute Gasteiger partial charge is 0.262 e. The Labute approximate surface area is 196 Å². The first-order valence-corrected chi connectivity index (χ1v) is 10.8. The van der Waals surface area contributed by atoms with Crippen LogP contribution >= 0.6 is 15.9 Å². The summed E-state index contributed by atoms with van der Waals surface area (Å²) in [6, 6.07) is 23.1. The van der Waals surface area contributed by atoms with Gasteiger partial charge < -0.3 is 14.8 Å². The van der Waals surface area contributed by atoms with Crippen LogP contribution in [0, 0.1) is 18.3 Å². The summed E-state index contributed by atoms with van der Waals surface area (Å²) in [7, 11) is 1.55. The maximum absolute atomic E-state index is 12.5. The molecule has 1 amide bonds. The van der Waals surface area contributed by atoms with Crippen LogP contribution in [0.3, 0.4) is 0 Å². The van der Waals surface area contributed by atoms with Crippen LogP contribution in [0.5, 0.6) is 11.5 Å². The van der Waals surface area contributed by atoms with Gasteiger partial charge in [-0.3, -0.25) is 4.79 Å². The standard InChI is InChI=1S/C26H23BrN2O3/c1-18-8-10-20(11-9-18)17-32-25-14-23(27)21(13-24(25)31-2)12-22(15-28)26(30)29-16-19-6-4-3-5-7-19/h3-14H,16-17H2,1-2H3,(H,29,30). The number of methoxy groups -OCH3 is 1. The highest BCUT2D eigenvalue weighted by Gasteiger charge is 2.14. The van der Waals surface area contributed by atoms with Crippen molar-refractivity contribution in [1.82, 2.24) is 5.32 Å². The lowest BCUT2D eigenvalue weighted by Gasteiger charge is -2.13. The molecule has 3 aromatic carbocycles. The van der Waals surface area contributed by atoms with Crippen LogP contribution in [0.2, 0.25) is 0 Å². The second kappa shape index (κ2) is 11.2. The van der Waals surface area contributed by atoms with Crippen LogP contribution in [0.15, 0.2) is 76.8 Å². The van der Waals surface area contributed by atoms with E-state index in [1.807, 2.05) is 67.6 Å². The van der Waals surface area contributed by atoms with Gasteiger partial charge >= 0.3 is 0 Å². The van der Waals surface area contributed by atoms with Crippen molar-refractivity contribution in [3.8, 4) is 17.6 Å². The highest BCUT2D eigenvalue weighted by atomic mass is 79.9. The third kappa shape index (κ3) is 6.22. The minimum Gasteiger partial charge on any atom is -0.493 e. The van der Waals surface area contributed by atoms with Gasteiger partial charge in [0.2, 0.25) is 0 Å². The van der Waals surface area contributed by atoms with Crippen molar-refractivity contribution >= 4 is 27.9 Å². The van der Waals surface area contributed by atoms with Gasteiger partial charge in [0.1, 0.15) is 18.2 Å². The first-order valence-electron chi connectivity index (χ1n) is 10.00. The maximum atomic E-state index is 12.5. The Kier molecular flexibility index (Phi) is 8.07. The van der Waals surface area contributed by atoms with Gasteiger partial charge in [0.15, 0.2) is 11.5 Å². The molecule has 0 aliphatic heterocycles. The van der Waals surface area contributed by atoms with Crippen LogP contribution in [0.25, 0.3) is 6.08 Å². The van der Waals surface area contributed by atoms with Crippen molar-refractivity contribution in [3.05, 3.63) is 99.0 Å². The molecule has 3 aromatic rings. The fourth-order valence-corrected chi connectivity index (χ4v) is 3.39. The fraction of sp³-hybridized carbons (Fsp3) is 0.154. The number of benzene rings is 3. The summed E-state index contributed by atoms with van der Waals surface area (Å²) in [5.74, 6) is 0.625. The SMILES string of the molecule is COc1cc(C=C(C#N)C(=O)NCc2ccccc2)c(Br)cc1OCc1ccc(C)cc1. The summed E-state index contributed by atoms with van der Waals surface area (Å²) in [6.45, 7) is 2.77. The summed E-state index contributed by atoms with van der Waals surface area (Å²) in [6.07, 6.45) is 1.52. The molecule has 0 saturated heterocycles. The lowest BCUT2D eigenvalue weighted by Crippen LogP contribution is -2.23. The average molecular weight is 491 g/mol. The lowest BCUT2D eigenvalue weighted by molar-refractivity contribution is -0.117. The molecule has 0 spiro atoms. The molecule has 162 valence electrons. The van der Waals surface area contributed by atoms with E-state index in [0.29, 0.717) is 34.7 Å². The van der Waals surface area contributed by atoms with Crippen molar-refractivity contribution in [2.24, 2.45) is 0 Å². The van der Waals surface area contributed by atoms with Crippen LogP contribution < -0.4 is 14.8 Å². The Morgan fingerprint density at radius 1 is 1.06 bits per heavy atom. The molecule has 0 radical (unpaired) electrons. The van der Waals surface area contributed by atoms with E-state index in [4.69, 9.17) is 9.47 Å². The fourth-order valence-electron chi connectivity index (χ4n) is 2.96. The molecule has 5 nitrogen and oxygen atoms in total. The molecular weight excluding hydrogens is 468 g/mol. The number of ether oxygens (including phenoxy) is 2. The predicted molar refractivity (Wildman–Crippen MR) is 128 cm³/mol.